The van der Waals surface area contributed by atoms with Crippen molar-refractivity contribution < 1.29 is 85.7 Å². The first-order valence-corrected chi connectivity index (χ1v) is 18.9. The summed E-state index contributed by atoms with van der Waals surface area (Å²) in [5, 5.41) is 13.6. The maximum atomic E-state index is 14.3. The van der Waals surface area contributed by atoms with E-state index in [1.807, 2.05) is 0 Å². The van der Waals surface area contributed by atoms with Crippen LogP contribution in [0.4, 0.5) is 0 Å². The van der Waals surface area contributed by atoms with Crippen LogP contribution in [-0.4, -0.2) is 113 Å². The largest absolute Gasteiger partial charge is 0.489 e. The van der Waals surface area contributed by atoms with Gasteiger partial charge in [-0.25, -0.2) is 4.79 Å². The van der Waals surface area contributed by atoms with Gasteiger partial charge in [0.1, 0.15) is 42.7 Å². The lowest BCUT2D eigenvalue weighted by molar-refractivity contribution is -0.416. The molecule has 2 aromatic rings. The van der Waals surface area contributed by atoms with Crippen molar-refractivity contribution in [3.63, 3.8) is 0 Å². The van der Waals surface area contributed by atoms with Gasteiger partial charge in [-0.05, 0) is 19.1 Å². The summed E-state index contributed by atoms with van der Waals surface area (Å²) in [6.07, 6.45) is -7.72. The number of fused-ring (bicyclic) bond motifs is 5. The molecule has 19 nitrogen and oxygen atoms in total. The highest BCUT2D eigenvalue weighted by Gasteiger charge is 2.93. The molecule has 1 spiro atoms. The van der Waals surface area contributed by atoms with Gasteiger partial charge in [0, 0.05) is 58.2 Å². The zero-order chi connectivity index (χ0) is 43.4. The highest BCUT2D eigenvalue weighted by Crippen LogP contribution is 2.73. The smallest absolute Gasteiger partial charge is 0.340 e. The van der Waals surface area contributed by atoms with Crippen molar-refractivity contribution in [1.29, 1.82) is 0 Å². The molecule has 19 heteroatoms. The molecule has 2 aliphatic carbocycles. The zero-order valence-corrected chi connectivity index (χ0v) is 33.9. The second-order valence-corrected chi connectivity index (χ2v) is 15.8. The molecule has 13 atom stereocenters. The molecule has 1 saturated heterocycles. The Kier molecular flexibility index (Phi) is 11.3. The van der Waals surface area contributed by atoms with Crippen LogP contribution in [0.3, 0.4) is 0 Å². The van der Waals surface area contributed by atoms with Gasteiger partial charge in [0.05, 0.1) is 29.4 Å². The van der Waals surface area contributed by atoms with Gasteiger partial charge in [0.15, 0.2) is 23.6 Å². The standard InChI is InChI=1S/C40H47NO18/c1-18-19(2)34(47)58-36-30(54-21(4)43)33(57-24(7)46)39(17-51-25-12-14-50-15-25)32(56-23(6)45)29(53-20(3)42)27-31(55-22(5)44)40(39,59-36)38(9,49)37(27,8)16-52-35(48)26-11-10-13-41-28(18)26/h10-15,18-19,27,29-33,36,49H,16-17H2,1-9H3/t18-,19-,27-,29+,30+,31+,32+,33-,36+,37-,38-,39+,40-/m0/s1. The number of aromatic nitrogens is 1. The van der Waals surface area contributed by atoms with Gasteiger partial charge < -0.3 is 52.2 Å². The molecule has 2 aliphatic heterocycles. The van der Waals surface area contributed by atoms with Crippen molar-refractivity contribution in [3.05, 3.63) is 48.2 Å². The number of aliphatic hydroxyl groups is 1. The van der Waals surface area contributed by atoms with Crippen LogP contribution in [0.1, 0.15) is 84.3 Å². The monoisotopic (exact) mass is 829 g/mol. The molecule has 1 N–H and O–H groups in total. The van der Waals surface area contributed by atoms with Crippen LogP contribution in [-0.2, 0) is 66.7 Å². The lowest BCUT2D eigenvalue weighted by atomic mass is 9.52. The Labute approximate surface area is 338 Å². The number of nitrogens with zero attached hydrogens (tertiary/aromatic N) is 1. The van der Waals surface area contributed by atoms with E-state index in [0.29, 0.717) is 0 Å². The minimum Gasteiger partial charge on any atom is -0.489 e. The Bertz CT molecular complexity index is 2010. The van der Waals surface area contributed by atoms with Crippen LogP contribution < -0.4 is 4.74 Å². The van der Waals surface area contributed by atoms with E-state index in [1.54, 1.807) is 6.92 Å². The Morgan fingerprint density at radius 3 is 1.97 bits per heavy atom. The first-order chi connectivity index (χ1) is 27.6. The maximum absolute atomic E-state index is 14.3. The first-order valence-electron chi connectivity index (χ1n) is 18.9. The molecule has 4 heterocycles. The fourth-order valence-corrected chi connectivity index (χ4v) is 9.63. The third-order valence-electron chi connectivity index (χ3n) is 12.3. The van der Waals surface area contributed by atoms with E-state index in [1.165, 1.54) is 57.7 Å². The number of rotatable bonds is 8. The summed E-state index contributed by atoms with van der Waals surface area (Å²) in [5.41, 5.74) is -9.57. The number of cyclic esters (lactones) is 1. The summed E-state index contributed by atoms with van der Waals surface area (Å²) in [7, 11) is 0. The van der Waals surface area contributed by atoms with E-state index in [0.717, 1.165) is 34.6 Å². The van der Waals surface area contributed by atoms with Gasteiger partial charge in [-0.3, -0.25) is 33.8 Å². The van der Waals surface area contributed by atoms with Gasteiger partial charge in [0.2, 0.25) is 12.4 Å². The molecule has 0 radical (unpaired) electrons. The molecule has 320 valence electrons. The minimum atomic E-state index is -2.65. The molecular weight excluding hydrogens is 782 g/mol. The number of esters is 7. The van der Waals surface area contributed by atoms with Crippen LogP contribution in [0.5, 0.6) is 5.75 Å². The quantitative estimate of drug-likeness (QED) is 0.296. The van der Waals surface area contributed by atoms with Crippen LogP contribution in [0.2, 0.25) is 0 Å². The predicted molar refractivity (Wildman–Crippen MR) is 192 cm³/mol. The molecule has 0 aromatic carbocycles. The van der Waals surface area contributed by atoms with Crippen LogP contribution in [0.15, 0.2) is 41.3 Å². The summed E-state index contributed by atoms with van der Waals surface area (Å²) in [6.45, 7) is 9.39. The average molecular weight is 830 g/mol. The zero-order valence-electron chi connectivity index (χ0n) is 33.9. The van der Waals surface area contributed by atoms with E-state index < -0.39 is 132 Å². The number of carbonyl (C=O) groups is 7. The number of pyridine rings is 1. The normalized spacial score (nSPS) is 37.4. The molecule has 6 rings (SSSR count). The molecule has 59 heavy (non-hydrogen) atoms. The van der Waals surface area contributed by atoms with Crippen molar-refractivity contribution in [2.45, 2.75) is 116 Å². The van der Waals surface area contributed by atoms with E-state index in [-0.39, 0.29) is 17.0 Å². The summed E-state index contributed by atoms with van der Waals surface area (Å²) >= 11 is 0. The fraction of sp³-hybridized carbons (Fsp3) is 0.600. The number of furan rings is 1. The number of ether oxygens (including phenoxy) is 9. The number of carbonyl (C=O) groups excluding carboxylic acids is 7. The Morgan fingerprint density at radius 1 is 0.814 bits per heavy atom. The Balaban J connectivity index is 1.79. The lowest BCUT2D eigenvalue weighted by Gasteiger charge is -2.65. The molecule has 3 fully saturated rings. The average Bonchev–Trinajstić information content (AvgIpc) is 3.71. The summed E-state index contributed by atoms with van der Waals surface area (Å²) in [4.78, 5) is 99.2. The highest BCUT2D eigenvalue weighted by molar-refractivity contribution is 5.91. The van der Waals surface area contributed by atoms with Crippen molar-refractivity contribution >= 4 is 41.8 Å². The van der Waals surface area contributed by atoms with Crippen molar-refractivity contribution in [3.8, 4) is 5.75 Å². The predicted octanol–water partition coefficient (Wildman–Crippen LogP) is 2.35. The Morgan fingerprint density at radius 2 is 1.39 bits per heavy atom. The first kappa shape index (κ1) is 43.0. The van der Waals surface area contributed by atoms with Gasteiger partial charge >= 0.3 is 41.8 Å². The molecule has 0 unspecified atom stereocenters. The van der Waals surface area contributed by atoms with Gasteiger partial charge in [-0.1, -0.05) is 20.8 Å². The summed E-state index contributed by atoms with van der Waals surface area (Å²) in [6, 6.07) is 4.32. The number of hydrogen-bond acceptors (Lipinski definition) is 19. The molecular formula is C40H47NO18. The van der Waals surface area contributed by atoms with Gasteiger partial charge in [-0.15, -0.1) is 0 Å². The molecule has 2 saturated carbocycles. The third-order valence-corrected chi connectivity index (χ3v) is 12.3. The fourth-order valence-electron chi connectivity index (χ4n) is 9.63. The van der Waals surface area contributed by atoms with E-state index in [4.69, 9.17) is 47.0 Å². The van der Waals surface area contributed by atoms with Gasteiger partial charge in [0.25, 0.3) is 0 Å². The Hall–Kier alpha value is -5.56. The van der Waals surface area contributed by atoms with Crippen molar-refractivity contribution in [2.75, 3.05) is 13.2 Å². The van der Waals surface area contributed by atoms with Crippen molar-refractivity contribution in [2.24, 2.45) is 22.7 Å². The second-order valence-electron chi connectivity index (χ2n) is 15.8. The van der Waals surface area contributed by atoms with Crippen LogP contribution >= 0.6 is 0 Å². The van der Waals surface area contributed by atoms with E-state index in [9.17, 15) is 38.7 Å². The molecule has 4 aliphatic rings. The highest BCUT2D eigenvalue weighted by atomic mass is 16.8. The minimum absolute atomic E-state index is 0.0306. The summed E-state index contributed by atoms with van der Waals surface area (Å²) in [5.74, 6) is -10.2. The lowest BCUT2D eigenvalue weighted by Crippen LogP contribution is -2.85. The topological polar surface area (TPSA) is 249 Å². The SMILES string of the molecule is CC(=O)O[C@@H]1[C@H]2[C@@H](OC(C)=O)[C@]34O[C@@H](OC(=O)[C@@H](C)[C@H](C)c5ncccc5C(=O)OC[C@]2(C)[C@]3(C)O)[C@H](OC(C)=O)[C@H](OC(C)=O)[C@@]4(COc2ccoc2)[C@@H]1OC(C)=O. The third kappa shape index (κ3) is 6.76. The molecule has 2 aromatic heterocycles. The van der Waals surface area contributed by atoms with Crippen LogP contribution in [0.25, 0.3) is 0 Å². The maximum Gasteiger partial charge on any atom is 0.340 e. The second kappa shape index (κ2) is 15.6. The summed E-state index contributed by atoms with van der Waals surface area (Å²) < 4.78 is 60.6. The molecule has 0 amide bonds. The number of hydrogen-bond donors (Lipinski definition) is 1. The van der Waals surface area contributed by atoms with Gasteiger partial charge in [-0.2, -0.15) is 0 Å². The van der Waals surface area contributed by atoms with Crippen molar-refractivity contribution in [1.82, 2.24) is 4.98 Å². The van der Waals surface area contributed by atoms with Crippen LogP contribution in [0, 0.1) is 22.7 Å². The van der Waals surface area contributed by atoms with E-state index >= 15 is 0 Å². The van der Waals surface area contributed by atoms with E-state index in [2.05, 4.69) is 4.98 Å². The molecule has 4 bridgehead atoms.